The van der Waals surface area contributed by atoms with Gasteiger partial charge in [-0.3, -0.25) is 0 Å². The van der Waals surface area contributed by atoms with E-state index in [4.69, 9.17) is 9.47 Å². The SMILES string of the molecule is CCCCCCCCCCCCCCCCCC(CC)OC(=O)OC1CCC[N]1. The van der Waals surface area contributed by atoms with Gasteiger partial charge in [-0.15, -0.1) is 0 Å². The molecule has 0 bridgehead atoms. The Balaban J connectivity index is 1.83. The summed E-state index contributed by atoms with van der Waals surface area (Å²) in [5.74, 6) is 0. The Hall–Kier alpha value is -0.770. The van der Waals surface area contributed by atoms with Crippen LogP contribution >= 0.6 is 0 Å². The van der Waals surface area contributed by atoms with Crippen molar-refractivity contribution in [1.82, 2.24) is 5.32 Å². The van der Waals surface area contributed by atoms with E-state index in [2.05, 4.69) is 19.2 Å². The fourth-order valence-corrected chi connectivity index (χ4v) is 4.05. The smallest absolute Gasteiger partial charge is 0.431 e. The summed E-state index contributed by atoms with van der Waals surface area (Å²) in [6, 6.07) is 0. The number of carbonyl (C=O) groups excluding carboxylic acids is 1. The summed E-state index contributed by atoms with van der Waals surface area (Å²) in [4.78, 5) is 11.8. The van der Waals surface area contributed by atoms with Crippen molar-refractivity contribution < 1.29 is 14.3 Å². The molecule has 171 valence electrons. The number of hydrogen-bond acceptors (Lipinski definition) is 3. The molecule has 4 heteroatoms. The maximum absolute atomic E-state index is 11.8. The minimum absolute atomic E-state index is 0.00845. The summed E-state index contributed by atoms with van der Waals surface area (Å²) in [5.41, 5.74) is 0. The highest BCUT2D eigenvalue weighted by atomic mass is 16.7. The van der Waals surface area contributed by atoms with Crippen LogP contribution in [0.3, 0.4) is 0 Å². The molecule has 1 aliphatic heterocycles. The third kappa shape index (κ3) is 15.7. The van der Waals surface area contributed by atoms with E-state index in [-0.39, 0.29) is 12.3 Å². The Morgan fingerprint density at radius 3 is 1.79 bits per heavy atom. The maximum atomic E-state index is 11.8. The molecule has 1 saturated heterocycles. The number of nitrogens with zero attached hydrogens (tertiary/aromatic N) is 1. The molecule has 0 saturated carbocycles. The zero-order valence-electron chi connectivity index (χ0n) is 19.5. The van der Waals surface area contributed by atoms with Gasteiger partial charge in [0.05, 0.1) is 0 Å². The summed E-state index contributed by atoms with van der Waals surface area (Å²) in [6.45, 7) is 5.15. The van der Waals surface area contributed by atoms with Crippen LogP contribution in [-0.2, 0) is 9.47 Å². The van der Waals surface area contributed by atoms with Crippen LogP contribution in [0.1, 0.15) is 136 Å². The molecule has 2 unspecified atom stereocenters. The first-order valence-corrected chi connectivity index (χ1v) is 12.8. The van der Waals surface area contributed by atoms with Crippen LogP contribution in [0, 0.1) is 0 Å². The van der Waals surface area contributed by atoms with Crippen LogP contribution < -0.4 is 5.32 Å². The van der Waals surface area contributed by atoms with Crippen molar-refractivity contribution in [2.24, 2.45) is 0 Å². The molecule has 1 rings (SSSR count). The van der Waals surface area contributed by atoms with Crippen LogP contribution in [0.25, 0.3) is 0 Å². The van der Waals surface area contributed by atoms with E-state index in [0.717, 1.165) is 38.6 Å². The third-order valence-corrected chi connectivity index (χ3v) is 6.02. The van der Waals surface area contributed by atoms with E-state index in [0.29, 0.717) is 0 Å². The summed E-state index contributed by atoms with van der Waals surface area (Å²) in [5, 5.41) is 4.23. The molecule has 0 aromatic carbocycles. The van der Waals surface area contributed by atoms with Crippen molar-refractivity contribution in [2.75, 3.05) is 6.54 Å². The highest BCUT2D eigenvalue weighted by molar-refractivity contribution is 5.60. The Morgan fingerprint density at radius 2 is 1.34 bits per heavy atom. The predicted molar refractivity (Wildman–Crippen MR) is 121 cm³/mol. The molecule has 29 heavy (non-hydrogen) atoms. The van der Waals surface area contributed by atoms with Gasteiger partial charge >= 0.3 is 6.16 Å². The second-order valence-electron chi connectivity index (χ2n) is 8.76. The molecule has 4 nitrogen and oxygen atoms in total. The fourth-order valence-electron chi connectivity index (χ4n) is 4.05. The number of hydrogen-bond donors (Lipinski definition) is 0. The lowest BCUT2D eigenvalue weighted by Crippen LogP contribution is -2.26. The lowest BCUT2D eigenvalue weighted by molar-refractivity contribution is -0.00965. The molecular formula is C25H48NO3. The van der Waals surface area contributed by atoms with Gasteiger partial charge in [-0.25, -0.2) is 10.1 Å². The van der Waals surface area contributed by atoms with Crippen molar-refractivity contribution in [2.45, 2.75) is 148 Å². The topological polar surface area (TPSA) is 49.6 Å². The second kappa shape index (κ2) is 19.2. The molecule has 0 aromatic heterocycles. The predicted octanol–water partition coefficient (Wildman–Crippen LogP) is 7.90. The van der Waals surface area contributed by atoms with Gasteiger partial charge in [0.25, 0.3) is 0 Å². The average Bonchev–Trinajstić information content (AvgIpc) is 3.22. The Kier molecular flexibility index (Phi) is 17.4. The van der Waals surface area contributed by atoms with Crippen molar-refractivity contribution in [3.63, 3.8) is 0 Å². The van der Waals surface area contributed by atoms with Crippen molar-refractivity contribution in [3.8, 4) is 0 Å². The monoisotopic (exact) mass is 410 g/mol. The number of ether oxygens (including phenoxy) is 2. The van der Waals surface area contributed by atoms with Gasteiger partial charge in [0.2, 0.25) is 0 Å². The molecule has 1 heterocycles. The highest BCUT2D eigenvalue weighted by Crippen LogP contribution is 2.16. The molecule has 1 aliphatic rings. The minimum Gasteiger partial charge on any atom is -0.431 e. The Bertz CT molecular complexity index is 369. The normalized spacial score (nSPS) is 17.4. The first-order valence-electron chi connectivity index (χ1n) is 12.8. The van der Waals surface area contributed by atoms with Crippen LogP contribution in [0.4, 0.5) is 4.79 Å². The summed E-state index contributed by atoms with van der Waals surface area (Å²) >= 11 is 0. The van der Waals surface area contributed by atoms with Gasteiger partial charge < -0.3 is 9.47 Å². The molecule has 0 aliphatic carbocycles. The molecule has 2 atom stereocenters. The van der Waals surface area contributed by atoms with Gasteiger partial charge in [-0.2, -0.15) is 0 Å². The zero-order chi connectivity index (χ0) is 21.0. The standard InChI is InChI=1S/C25H48NO3/c1-3-5-6-7-8-9-10-11-12-13-14-15-16-17-18-20-23(4-2)28-25(27)29-24-21-19-22-26-24/h23-24H,3-22H2,1-2H3. The summed E-state index contributed by atoms with van der Waals surface area (Å²) < 4.78 is 10.7. The van der Waals surface area contributed by atoms with Crippen LogP contribution in [-0.4, -0.2) is 25.0 Å². The lowest BCUT2D eigenvalue weighted by Gasteiger charge is -2.17. The molecular weight excluding hydrogens is 362 g/mol. The molecule has 0 amide bonds. The zero-order valence-corrected chi connectivity index (χ0v) is 19.5. The first kappa shape index (κ1) is 26.3. The maximum Gasteiger partial charge on any atom is 0.510 e. The van der Waals surface area contributed by atoms with Crippen molar-refractivity contribution in [3.05, 3.63) is 0 Å². The molecule has 0 N–H and O–H groups in total. The average molecular weight is 411 g/mol. The quantitative estimate of drug-likeness (QED) is 0.160. The van der Waals surface area contributed by atoms with Gasteiger partial charge in [0.15, 0.2) is 6.23 Å². The molecule has 1 radical (unpaired) electrons. The second-order valence-corrected chi connectivity index (χ2v) is 8.76. The van der Waals surface area contributed by atoms with Gasteiger partial charge in [-0.1, -0.05) is 104 Å². The first-order chi connectivity index (χ1) is 14.3. The van der Waals surface area contributed by atoms with Crippen molar-refractivity contribution >= 4 is 6.16 Å². The summed E-state index contributed by atoms with van der Waals surface area (Å²) in [7, 11) is 0. The van der Waals surface area contributed by atoms with E-state index < -0.39 is 6.16 Å². The van der Waals surface area contributed by atoms with E-state index >= 15 is 0 Å². The van der Waals surface area contributed by atoms with E-state index in [1.807, 2.05) is 0 Å². The Morgan fingerprint density at radius 1 is 0.828 bits per heavy atom. The largest absolute Gasteiger partial charge is 0.510 e. The molecule has 0 spiro atoms. The summed E-state index contributed by atoms with van der Waals surface area (Å²) in [6.07, 6.45) is 23.4. The fraction of sp³-hybridized carbons (Fsp3) is 0.960. The van der Waals surface area contributed by atoms with Crippen molar-refractivity contribution in [1.29, 1.82) is 0 Å². The minimum atomic E-state index is -0.534. The Labute approximate surface area is 180 Å². The van der Waals surface area contributed by atoms with Crippen LogP contribution in [0.15, 0.2) is 0 Å². The van der Waals surface area contributed by atoms with Gasteiger partial charge in [-0.05, 0) is 25.7 Å². The van der Waals surface area contributed by atoms with E-state index in [1.165, 1.54) is 89.9 Å². The molecule has 0 aromatic rings. The number of unbranched alkanes of at least 4 members (excludes halogenated alkanes) is 14. The van der Waals surface area contributed by atoms with E-state index in [9.17, 15) is 4.79 Å². The number of carbonyl (C=O) groups is 1. The van der Waals surface area contributed by atoms with E-state index in [1.54, 1.807) is 0 Å². The molecule has 1 fully saturated rings. The van der Waals surface area contributed by atoms with Gasteiger partial charge in [0, 0.05) is 13.0 Å². The van der Waals surface area contributed by atoms with Gasteiger partial charge in [0.1, 0.15) is 6.10 Å². The lowest BCUT2D eigenvalue weighted by atomic mass is 10.0. The van der Waals surface area contributed by atoms with Crippen LogP contribution in [0.5, 0.6) is 0 Å². The third-order valence-electron chi connectivity index (χ3n) is 6.02. The van der Waals surface area contributed by atoms with Crippen LogP contribution in [0.2, 0.25) is 0 Å². The number of rotatable bonds is 19. The highest BCUT2D eigenvalue weighted by Gasteiger charge is 2.22.